The summed E-state index contributed by atoms with van der Waals surface area (Å²) in [6.07, 6.45) is -0.801. The number of alkyl halides is 3. The normalized spacial score (nSPS) is 13.6. The van der Waals surface area contributed by atoms with Crippen LogP contribution in [0.4, 0.5) is 13.2 Å². The van der Waals surface area contributed by atoms with Crippen molar-refractivity contribution in [1.29, 1.82) is 0 Å². The zero-order valence-electron chi connectivity index (χ0n) is 15.6. The Labute approximate surface area is 166 Å². The molecule has 0 radical (unpaired) electrons. The number of unbranched alkanes of at least 4 members (excludes halogenated alkanes) is 1. The zero-order valence-corrected chi connectivity index (χ0v) is 16.3. The number of aromatic nitrogens is 1. The smallest absolute Gasteiger partial charge is 0.416 e. The molecule has 0 bridgehead atoms. The highest BCUT2D eigenvalue weighted by molar-refractivity contribution is 6.29. The Balaban J connectivity index is 2.15. The molecule has 1 atom stereocenters. The lowest BCUT2D eigenvalue weighted by Gasteiger charge is -2.28. The highest BCUT2D eigenvalue weighted by Gasteiger charge is 2.32. The van der Waals surface area contributed by atoms with Gasteiger partial charge in [0.25, 0.3) is 0 Å². The predicted octanol–water partition coefficient (Wildman–Crippen LogP) is 6.46. The Morgan fingerprint density at radius 2 is 1.75 bits per heavy atom. The Bertz CT molecular complexity index is 796. The van der Waals surface area contributed by atoms with E-state index in [1.165, 1.54) is 12.1 Å². The number of aldehydes is 1. The average Bonchev–Trinajstić information content (AvgIpc) is 2.65. The summed E-state index contributed by atoms with van der Waals surface area (Å²) in [6, 6.07) is 7.72. The summed E-state index contributed by atoms with van der Waals surface area (Å²) in [5.41, 5.74) is -1.84. The molecule has 8 heteroatoms. The molecule has 1 aromatic carbocycles. The van der Waals surface area contributed by atoms with Crippen molar-refractivity contribution in [2.24, 2.45) is 0 Å². The molecule has 2 rings (SSSR count). The van der Waals surface area contributed by atoms with Gasteiger partial charge in [-0.1, -0.05) is 31.9 Å². The van der Waals surface area contributed by atoms with Crippen molar-refractivity contribution in [2.45, 2.75) is 51.3 Å². The number of benzene rings is 1. The van der Waals surface area contributed by atoms with Gasteiger partial charge in [0.2, 0.25) is 5.88 Å². The average molecular weight is 416 g/mol. The van der Waals surface area contributed by atoms with Crippen LogP contribution in [0.3, 0.4) is 0 Å². The molecular formula is C20H21ClF3NO3. The lowest BCUT2D eigenvalue weighted by Crippen LogP contribution is -2.37. The largest absolute Gasteiger partial charge is 0.480 e. The van der Waals surface area contributed by atoms with E-state index in [-0.39, 0.29) is 16.8 Å². The molecule has 1 aromatic heterocycles. The molecule has 0 saturated carbocycles. The van der Waals surface area contributed by atoms with Crippen LogP contribution in [0.25, 0.3) is 0 Å². The van der Waals surface area contributed by atoms with Crippen molar-refractivity contribution < 1.29 is 27.4 Å². The van der Waals surface area contributed by atoms with Crippen LogP contribution in [0.1, 0.15) is 45.1 Å². The predicted molar refractivity (Wildman–Crippen MR) is 100 cm³/mol. The van der Waals surface area contributed by atoms with Crippen molar-refractivity contribution in [1.82, 2.24) is 4.98 Å². The minimum atomic E-state index is -4.56. The van der Waals surface area contributed by atoms with Crippen LogP contribution in [0.2, 0.25) is 5.15 Å². The standard InChI is InChI=1S/C20H21ClF3NO3/c1-3-5-10-19(4-2,13-26)28-16-8-6-15(7-9-16)27-18-12-14(20(22,23)24)11-17(21)25-18/h6-9,11-13H,3-5,10H2,1-2H3. The number of carbonyl (C=O) groups is 1. The molecule has 0 aliphatic heterocycles. The van der Waals surface area contributed by atoms with Gasteiger partial charge in [-0.2, -0.15) is 13.2 Å². The molecule has 4 nitrogen and oxygen atoms in total. The van der Waals surface area contributed by atoms with Crippen LogP contribution in [0, 0.1) is 0 Å². The Kier molecular flexibility index (Phi) is 7.29. The van der Waals surface area contributed by atoms with Crippen LogP contribution >= 0.6 is 11.6 Å². The second-order valence-corrected chi connectivity index (χ2v) is 6.72. The monoisotopic (exact) mass is 415 g/mol. The molecule has 1 unspecified atom stereocenters. The third-order valence-corrected chi connectivity index (χ3v) is 4.43. The maximum atomic E-state index is 12.9. The number of hydrogen-bond acceptors (Lipinski definition) is 4. The van der Waals surface area contributed by atoms with Gasteiger partial charge >= 0.3 is 6.18 Å². The highest BCUT2D eigenvalue weighted by atomic mass is 35.5. The Morgan fingerprint density at radius 3 is 2.29 bits per heavy atom. The summed E-state index contributed by atoms with van der Waals surface area (Å²) in [6.45, 7) is 3.91. The fourth-order valence-electron chi connectivity index (χ4n) is 2.56. The summed E-state index contributed by atoms with van der Waals surface area (Å²) in [4.78, 5) is 15.3. The Hall–Kier alpha value is -2.28. The molecule has 0 saturated heterocycles. The highest BCUT2D eigenvalue weighted by Crippen LogP contribution is 2.34. The number of carbonyl (C=O) groups excluding carboxylic acids is 1. The number of rotatable bonds is 9. The van der Waals surface area contributed by atoms with E-state index in [9.17, 15) is 18.0 Å². The topological polar surface area (TPSA) is 48.4 Å². The fourth-order valence-corrected chi connectivity index (χ4v) is 2.76. The van der Waals surface area contributed by atoms with Gasteiger partial charge < -0.3 is 9.47 Å². The fraction of sp³-hybridized carbons (Fsp3) is 0.400. The molecular weight excluding hydrogens is 395 g/mol. The SMILES string of the molecule is CCCCC(C=O)(CC)Oc1ccc(Oc2cc(C(F)(F)F)cc(Cl)n2)cc1. The van der Waals surface area contributed by atoms with Crippen molar-refractivity contribution in [3.63, 3.8) is 0 Å². The maximum absolute atomic E-state index is 12.9. The van der Waals surface area contributed by atoms with Crippen LogP contribution in [-0.4, -0.2) is 16.9 Å². The van der Waals surface area contributed by atoms with Gasteiger partial charge in [0, 0.05) is 6.07 Å². The van der Waals surface area contributed by atoms with Gasteiger partial charge in [-0.15, -0.1) is 0 Å². The van der Waals surface area contributed by atoms with Gasteiger partial charge in [0.05, 0.1) is 5.56 Å². The van der Waals surface area contributed by atoms with Crippen molar-refractivity contribution in [3.05, 3.63) is 47.1 Å². The summed E-state index contributed by atoms with van der Waals surface area (Å²) in [5.74, 6) is 0.455. The summed E-state index contributed by atoms with van der Waals surface area (Å²) in [7, 11) is 0. The molecule has 0 fully saturated rings. The number of pyridine rings is 1. The molecule has 0 amide bonds. The first-order valence-electron chi connectivity index (χ1n) is 8.89. The second-order valence-electron chi connectivity index (χ2n) is 6.33. The van der Waals surface area contributed by atoms with Crippen molar-refractivity contribution in [2.75, 3.05) is 0 Å². The zero-order chi connectivity index (χ0) is 20.8. The molecule has 152 valence electrons. The van der Waals surface area contributed by atoms with Gasteiger partial charge in [-0.3, -0.25) is 4.79 Å². The lowest BCUT2D eigenvalue weighted by molar-refractivity contribution is -0.137. The van der Waals surface area contributed by atoms with E-state index in [0.29, 0.717) is 18.6 Å². The quantitative estimate of drug-likeness (QED) is 0.348. The molecule has 0 N–H and O–H groups in total. The molecule has 0 aliphatic carbocycles. The van der Waals surface area contributed by atoms with Gasteiger partial charge in [-0.05, 0) is 49.6 Å². The second kappa shape index (κ2) is 9.28. The molecule has 1 heterocycles. The number of hydrogen-bond donors (Lipinski definition) is 0. The minimum absolute atomic E-state index is 0.261. The number of nitrogens with zero attached hydrogens (tertiary/aromatic N) is 1. The minimum Gasteiger partial charge on any atom is -0.480 e. The number of halogens is 4. The summed E-state index contributed by atoms with van der Waals surface area (Å²) in [5, 5.41) is -0.320. The third kappa shape index (κ3) is 5.86. The molecule has 2 aromatic rings. The van der Waals surface area contributed by atoms with Crippen LogP contribution < -0.4 is 9.47 Å². The maximum Gasteiger partial charge on any atom is 0.416 e. The van der Waals surface area contributed by atoms with Crippen molar-refractivity contribution >= 4 is 17.9 Å². The Morgan fingerprint density at radius 1 is 1.11 bits per heavy atom. The van der Waals surface area contributed by atoms with E-state index in [1.54, 1.807) is 12.1 Å². The van der Waals surface area contributed by atoms with E-state index in [1.807, 2.05) is 13.8 Å². The first-order valence-corrected chi connectivity index (χ1v) is 9.27. The van der Waals surface area contributed by atoms with Crippen LogP contribution in [0.5, 0.6) is 17.4 Å². The van der Waals surface area contributed by atoms with E-state index >= 15 is 0 Å². The summed E-state index contributed by atoms with van der Waals surface area (Å²) >= 11 is 5.65. The third-order valence-electron chi connectivity index (χ3n) is 4.23. The first-order chi connectivity index (χ1) is 13.2. The molecule has 0 spiro atoms. The van der Waals surface area contributed by atoms with Gasteiger partial charge in [0.1, 0.15) is 16.7 Å². The molecule has 28 heavy (non-hydrogen) atoms. The number of ether oxygens (including phenoxy) is 2. The lowest BCUT2D eigenvalue weighted by atomic mass is 9.95. The van der Waals surface area contributed by atoms with Crippen molar-refractivity contribution in [3.8, 4) is 17.4 Å². The van der Waals surface area contributed by atoms with E-state index < -0.39 is 17.3 Å². The molecule has 0 aliphatic rings. The van der Waals surface area contributed by atoms with E-state index in [2.05, 4.69) is 4.98 Å². The van der Waals surface area contributed by atoms with Gasteiger partial charge in [0.15, 0.2) is 11.9 Å². The van der Waals surface area contributed by atoms with Crippen LogP contribution in [-0.2, 0) is 11.0 Å². The summed E-state index contributed by atoms with van der Waals surface area (Å²) < 4.78 is 49.9. The first kappa shape index (κ1) is 22.0. The van der Waals surface area contributed by atoms with E-state index in [4.69, 9.17) is 21.1 Å². The van der Waals surface area contributed by atoms with Gasteiger partial charge in [-0.25, -0.2) is 4.98 Å². The van der Waals surface area contributed by atoms with E-state index in [0.717, 1.165) is 31.3 Å². The van der Waals surface area contributed by atoms with Crippen LogP contribution in [0.15, 0.2) is 36.4 Å².